The highest BCUT2D eigenvalue weighted by atomic mass is 16.4. The van der Waals surface area contributed by atoms with Crippen molar-refractivity contribution in [2.24, 2.45) is 0 Å². The van der Waals surface area contributed by atoms with Crippen LogP contribution in [0.15, 0.2) is 164 Å². The third-order valence-corrected chi connectivity index (χ3v) is 9.08. The zero-order valence-electron chi connectivity index (χ0n) is 24.1. The second-order valence-electron chi connectivity index (χ2n) is 11.3. The summed E-state index contributed by atoms with van der Waals surface area (Å²) in [6.07, 6.45) is 8.38. The second-order valence-corrected chi connectivity index (χ2v) is 11.3. The SMILES string of the molecule is Cc1ccccc1C1C=CC=CC1(c1ccccc1C)C(O)(c1ccccc1)C(O)(c1ccccc1)c1ccccc1. The maximum Gasteiger partial charge on any atom is 0.149 e. The van der Waals surface area contributed by atoms with Gasteiger partial charge in [0.2, 0.25) is 0 Å². The molecule has 3 atom stereocenters. The molecule has 5 aromatic carbocycles. The minimum Gasteiger partial charge on any atom is -0.380 e. The number of hydrogen-bond acceptors (Lipinski definition) is 2. The predicted octanol–water partition coefficient (Wildman–Crippen LogP) is 8.27. The lowest BCUT2D eigenvalue weighted by molar-refractivity contribution is -0.179. The second kappa shape index (κ2) is 11.1. The molecule has 2 N–H and O–H groups in total. The molecule has 208 valence electrons. The summed E-state index contributed by atoms with van der Waals surface area (Å²) in [4.78, 5) is 0. The molecular formula is C40H36O2. The zero-order valence-corrected chi connectivity index (χ0v) is 24.1. The van der Waals surface area contributed by atoms with E-state index in [4.69, 9.17) is 0 Å². The lowest BCUT2D eigenvalue weighted by Gasteiger charge is -2.58. The lowest BCUT2D eigenvalue weighted by atomic mass is 9.48. The van der Waals surface area contributed by atoms with Gasteiger partial charge in [0.15, 0.2) is 0 Å². The first kappa shape index (κ1) is 27.7. The Balaban J connectivity index is 1.84. The molecule has 0 saturated heterocycles. The van der Waals surface area contributed by atoms with Gasteiger partial charge in [0.1, 0.15) is 11.2 Å². The van der Waals surface area contributed by atoms with Crippen molar-refractivity contribution in [2.75, 3.05) is 0 Å². The molecule has 1 aliphatic rings. The maximum absolute atomic E-state index is 14.1. The van der Waals surface area contributed by atoms with Gasteiger partial charge >= 0.3 is 0 Å². The molecule has 0 amide bonds. The molecular weight excluding hydrogens is 512 g/mol. The van der Waals surface area contributed by atoms with Crippen molar-refractivity contribution in [2.45, 2.75) is 36.4 Å². The fraction of sp³-hybridized carbons (Fsp3) is 0.150. The smallest absolute Gasteiger partial charge is 0.149 e. The summed E-state index contributed by atoms with van der Waals surface area (Å²) in [5, 5.41) is 27.8. The molecule has 2 heteroatoms. The highest BCUT2D eigenvalue weighted by Crippen LogP contribution is 2.63. The Morgan fingerprint density at radius 3 is 1.55 bits per heavy atom. The highest BCUT2D eigenvalue weighted by molar-refractivity contribution is 5.58. The van der Waals surface area contributed by atoms with Crippen molar-refractivity contribution in [3.05, 3.63) is 203 Å². The van der Waals surface area contributed by atoms with Gasteiger partial charge in [-0.2, -0.15) is 0 Å². The molecule has 5 aromatic rings. The summed E-state index contributed by atoms with van der Waals surface area (Å²) in [5.41, 5.74) is 1.16. The van der Waals surface area contributed by atoms with Gasteiger partial charge in [-0.15, -0.1) is 0 Å². The molecule has 0 heterocycles. The third kappa shape index (κ3) is 4.10. The van der Waals surface area contributed by atoms with E-state index in [-0.39, 0.29) is 5.92 Å². The van der Waals surface area contributed by atoms with E-state index >= 15 is 0 Å². The lowest BCUT2D eigenvalue weighted by Crippen LogP contribution is -2.64. The van der Waals surface area contributed by atoms with Crippen molar-refractivity contribution in [1.82, 2.24) is 0 Å². The molecule has 1 aliphatic carbocycles. The first-order chi connectivity index (χ1) is 20.4. The molecule has 42 heavy (non-hydrogen) atoms. The number of rotatable bonds is 7. The van der Waals surface area contributed by atoms with Gasteiger partial charge in [-0.25, -0.2) is 0 Å². The number of benzene rings is 5. The van der Waals surface area contributed by atoms with Crippen molar-refractivity contribution >= 4 is 0 Å². The molecule has 0 aromatic heterocycles. The van der Waals surface area contributed by atoms with Crippen LogP contribution in [0.3, 0.4) is 0 Å². The van der Waals surface area contributed by atoms with Crippen molar-refractivity contribution in [3.63, 3.8) is 0 Å². The Hall–Kier alpha value is -4.50. The van der Waals surface area contributed by atoms with Crippen LogP contribution in [0.25, 0.3) is 0 Å². The van der Waals surface area contributed by atoms with Gasteiger partial charge in [-0.3, -0.25) is 0 Å². The van der Waals surface area contributed by atoms with E-state index in [1.807, 2.05) is 115 Å². The Bertz CT molecular complexity index is 1680. The van der Waals surface area contributed by atoms with E-state index in [2.05, 4.69) is 62.4 Å². The van der Waals surface area contributed by atoms with Crippen LogP contribution in [-0.4, -0.2) is 10.2 Å². The van der Waals surface area contributed by atoms with E-state index in [1.54, 1.807) is 0 Å². The maximum atomic E-state index is 14.1. The van der Waals surface area contributed by atoms with E-state index in [1.165, 1.54) is 0 Å². The van der Waals surface area contributed by atoms with Crippen LogP contribution in [0, 0.1) is 13.8 Å². The normalized spacial score (nSPS) is 19.8. The monoisotopic (exact) mass is 548 g/mol. The summed E-state index contributed by atoms with van der Waals surface area (Å²) in [7, 11) is 0. The molecule has 2 nitrogen and oxygen atoms in total. The largest absolute Gasteiger partial charge is 0.380 e. The molecule has 0 aliphatic heterocycles. The Labute approximate surface area is 249 Å². The molecule has 0 saturated carbocycles. The summed E-state index contributed by atoms with van der Waals surface area (Å²) < 4.78 is 0. The highest BCUT2D eigenvalue weighted by Gasteiger charge is 2.67. The number of hydrogen-bond donors (Lipinski definition) is 2. The summed E-state index contributed by atoms with van der Waals surface area (Å²) >= 11 is 0. The standard InChI is InChI=1S/C40H36O2/c1-30-18-12-14-26-35(30)37-28-16-17-29-38(37,36-27-15-13-19-31(36)2)40(42,34-24-10-5-11-25-34)39(41,32-20-6-3-7-21-32)33-22-8-4-9-23-33/h3-29,37,41-42H,1-2H3. The molecule has 6 rings (SSSR count). The van der Waals surface area contributed by atoms with E-state index in [0.29, 0.717) is 16.7 Å². The minimum atomic E-state index is -1.90. The van der Waals surface area contributed by atoms with Crippen LogP contribution in [0.4, 0.5) is 0 Å². The summed E-state index contributed by atoms with van der Waals surface area (Å²) in [6, 6.07) is 45.5. The fourth-order valence-corrected chi connectivity index (χ4v) is 7.13. The molecule has 3 unspecified atom stereocenters. The fourth-order valence-electron chi connectivity index (χ4n) is 7.13. The van der Waals surface area contributed by atoms with Crippen LogP contribution in [0.5, 0.6) is 0 Å². The van der Waals surface area contributed by atoms with Crippen LogP contribution in [-0.2, 0) is 16.6 Å². The number of allylic oxidation sites excluding steroid dienone is 3. The number of aliphatic hydroxyl groups is 2. The molecule has 0 bridgehead atoms. The average molecular weight is 549 g/mol. The Morgan fingerprint density at radius 1 is 0.524 bits per heavy atom. The van der Waals surface area contributed by atoms with Crippen molar-refractivity contribution in [1.29, 1.82) is 0 Å². The van der Waals surface area contributed by atoms with Crippen molar-refractivity contribution in [3.8, 4) is 0 Å². The van der Waals surface area contributed by atoms with Crippen LogP contribution in [0.2, 0.25) is 0 Å². The predicted molar refractivity (Wildman–Crippen MR) is 171 cm³/mol. The van der Waals surface area contributed by atoms with Gasteiger partial charge in [0, 0.05) is 5.92 Å². The van der Waals surface area contributed by atoms with Gasteiger partial charge in [-0.1, -0.05) is 164 Å². The van der Waals surface area contributed by atoms with E-state index in [0.717, 1.165) is 22.3 Å². The van der Waals surface area contributed by atoms with Gasteiger partial charge in [0.25, 0.3) is 0 Å². The first-order valence-corrected chi connectivity index (χ1v) is 14.5. The Morgan fingerprint density at radius 2 is 1.00 bits per heavy atom. The average Bonchev–Trinajstić information content (AvgIpc) is 3.05. The summed E-state index contributed by atoms with van der Waals surface area (Å²) in [5.74, 6) is -0.311. The zero-order chi connectivity index (χ0) is 29.2. The third-order valence-electron chi connectivity index (χ3n) is 9.08. The Kier molecular flexibility index (Phi) is 7.28. The van der Waals surface area contributed by atoms with Gasteiger partial charge in [-0.05, 0) is 52.8 Å². The summed E-state index contributed by atoms with van der Waals surface area (Å²) in [6.45, 7) is 4.21. The van der Waals surface area contributed by atoms with Gasteiger partial charge in [0.05, 0.1) is 5.41 Å². The number of aryl methyl sites for hydroxylation is 2. The van der Waals surface area contributed by atoms with Crippen LogP contribution < -0.4 is 0 Å². The molecule has 0 fully saturated rings. The van der Waals surface area contributed by atoms with E-state index < -0.39 is 16.6 Å². The van der Waals surface area contributed by atoms with E-state index in [9.17, 15) is 10.2 Å². The quantitative estimate of drug-likeness (QED) is 0.215. The van der Waals surface area contributed by atoms with Crippen molar-refractivity contribution < 1.29 is 10.2 Å². The van der Waals surface area contributed by atoms with Crippen LogP contribution in [0.1, 0.15) is 44.9 Å². The minimum absolute atomic E-state index is 0.311. The first-order valence-electron chi connectivity index (χ1n) is 14.5. The molecule has 0 radical (unpaired) electrons. The van der Waals surface area contributed by atoms with Gasteiger partial charge < -0.3 is 10.2 Å². The topological polar surface area (TPSA) is 40.5 Å². The van der Waals surface area contributed by atoms with Crippen LogP contribution >= 0.6 is 0 Å². The molecule has 0 spiro atoms.